The predicted molar refractivity (Wildman–Crippen MR) is 166 cm³/mol. The fraction of sp³-hybridized carbons (Fsp3) is 0.312. The summed E-state index contributed by atoms with van der Waals surface area (Å²) in [6.45, 7) is 2.44. The van der Waals surface area contributed by atoms with Crippen molar-refractivity contribution in [2.24, 2.45) is 4.99 Å². The van der Waals surface area contributed by atoms with Crippen molar-refractivity contribution < 1.29 is 14.3 Å². The van der Waals surface area contributed by atoms with Gasteiger partial charge in [-0.2, -0.15) is 0 Å². The van der Waals surface area contributed by atoms with Gasteiger partial charge >= 0.3 is 0 Å². The first-order valence-corrected chi connectivity index (χ1v) is 15.2. The van der Waals surface area contributed by atoms with Crippen LogP contribution in [-0.2, 0) is 17.8 Å². The number of methoxy groups -OCH3 is 1. The zero-order valence-electron chi connectivity index (χ0n) is 22.7. The molecule has 1 heterocycles. The number of thioether (sulfide) groups is 1. The number of aryl methyl sites for hydroxylation is 1. The molecule has 3 aromatic rings. The van der Waals surface area contributed by atoms with Crippen LogP contribution in [-0.4, -0.2) is 29.1 Å². The summed E-state index contributed by atoms with van der Waals surface area (Å²) in [5.41, 5.74) is 3.85. The monoisotopic (exact) mass is 594 g/mol. The Hall–Kier alpha value is -2.93. The molecule has 2 aliphatic rings. The van der Waals surface area contributed by atoms with Crippen LogP contribution in [0.25, 0.3) is 6.08 Å². The number of carbonyl (C=O) groups excluding carboxylic acids is 1. The van der Waals surface area contributed by atoms with E-state index < -0.39 is 0 Å². The fourth-order valence-corrected chi connectivity index (χ4v) is 6.46. The van der Waals surface area contributed by atoms with E-state index in [0.29, 0.717) is 33.1 Å². The maximum atomic E-state index is 13.8. The average molecular weight is 596 g/mol. The minimum absolute atomic E-state index is 0.0172. The highest BCUT2D eigenvalue weighted by molar-refractivity contribution is 8.18. The van der Waals surface area contributed by atoms with Crippen LogP contribution in [0.1, 0.15) is 55.7 Å². The molecule has 8 heteroatoms. The highest BCUT2D eigenvalue weighted by Crippen LogP contribution is 2.40. The van der Waals surface area contributed by atoms with Gasteiger partial charge in [0.25, 0.3) is 5.91 Å². The second-order valence-corrected chi connectivity index (χ2v) is 11.7. The first kappa shape index (κ1) is 28.6. The zero-order chi connectivity index (χ0) is 28.1. The lowest BCUT2D eigenvalue weighted by atomic mass is 9.94. The number of carbonyl (C=O) groups is 1. The maximum absolute atomic E-state index is 13.8. The highest BCUT2D eigenvalue weighted by atomic mass is 35.5. The van der Waals surface area contributed by atoms with Gasteiger partial charge in [0.05, 0.1) is 27.7 Å². The van der Waals surface area contributed by atoms with E-state index in [-0.39, 0.29) is 11.9 Å². The lowest BCUT2D eigenvalue weighted by Gasteiger charge is -2.30. The van der Waals surface area contributed by atoms with Crippen LogP contribution < -0.4 is 9.47 Å². The molecule has 0 spiro atoms. The topological polar surface area (TPSA) is 51.1 Å². The molecule has 1 saturated carbocycles. The molecule has 0 N–H and O–H groups in total. The average Bonchev–Trinajstić information content (AvgIpc) is 3.28. The van der Waals surface area contributed by atoms with Crippen molar-refractivity contribution in [2.75, 3.05) is 7.11 Å². The van der Waals surface area contributed by atoms with Gasteiger partial charge in [-0.15, -0.1) is 0 Å². The summed E-state index contributed by atoms with van der Waals surface area (Å²) < 4.78 is 11.6. The molecule has 5 rings (SSSR count). The molecular weight excluding hydrogens is 563 g/mol. The first-order chi connectivity index (χ1) is 19.5. The Morgan fingerprint density at radius 2 is 1.80 bits per heavy atom. The molecule has 2 fully saturated rings. The second-order valence-electron chi connectivity index (χ2n) is 9.90. The Morgan fingerprint density at radius 1 is 1.00 bits per heavy atom. The molecule has 0 bridgehead atoms. The number of benzene rings is 3. The van der Waals surface area contributed by atoms with Gasteiger partial charge in [-0.25, -0.2) is 4.99 Å². The van der Waals surface area contributed by atoms with Crippen LogP contribution in [0.4, 0.5) is 5.69 Å². The van der Waals surface area contributed by atoms with Crippen LogP contribution in [0.2, 0.25) is 10.0 Å². The van der Waals surface area contributed by atoms with E-state index in [9.17, 15) is 4.79 Å². The van der Waals surface area contributed by atoms with E-state index >= 15 is 0 Å². The Kier molecular flexibility index (Phi) is 9.40. The molecule has 5 nitrogen and oxygen atoms in total. The zero-order valence-corrected chi connectivity index (χ0v) is 25.0. The molecule has 1 saturated heterocycles. The molecule has 0 aromatic heterocycles. The van der Waals surface area contributed by atoms with Crippen LogP contribution in [0.15, 0.2) is 70.6 Å². The van der Waals surface area contributed by atoms with Gasteiger partial charge in [-0.3, -0.25) is 9.69 Å². The molecule has 0 atom stereocenters. The van der Waals surface area contributed by atoms with Crippen LogP contribution in [0, 0.1) is 0 Å². The molecular formula is C32H32Cl2N2O3S. The summed E-state index contributed by atoms with van der Waals surface area (Å²) >= 11 is 13.6. The number of hydrogen-bond donors (Lipinski definition) is 0. The van der Waals surface area contributed by atoms with E-state index in [4.69, 9.17) is 37.7 Å². The SMILES string of the molecule is CCc1ccccc1N=C1S/C(=C/c2ccc(OCc3ccc(Cl)c(Cl)c3)c(OC)c2)C(=O)N1C1CCCCC1. The molecule has 40 heavy (non-hydrogen) atoms. The number of amides is 1. The van der Waals surface area contributed by atoms with E-state index in [2.05, 4.69) is 13.0 Å². The number of halogens is 2. The largest absolute Gasteiger partial charge is 0.493 e. The summed E-state index contributed by atoms with van der Waals surface area (Å²) in [6.07, 6.45) is 8.31. The third kappa shape index (κ3) is 6.51. The van der Waals surface area contributed by atoms with Crippen molar-refractivity contribution in [1.82, 2.24) is 4.90 Å². The van der Waals surface area contributed by atoms with Gasteiger partial charge in [-0.1, -0.05) is 79.7 Å². The summed E-state index contributed by atoms with van der Waals surface area (Å²) in [6, 6.07) is 19.4. The first-order valence-electron chi connectivity index (χ1n) is 13.6. The quantitative estimate of drug-likeness (QED) is 0.244. The fourth-order valence-electron chi connectivity index (χ4n) is 5.08. The third-order valence-electron chi connectivity index (χ3n) is 7.23. The normalized spacial score (nSPS) is 18.1. The molecule has 1 aliphatic heterocycles. The van der Waals surface area contributed by atoms with E-state index in [1.54, 1.807) is 19.2 Å². The van der Waals surface area contributed by atoms with Crippen LogP contribution in [0.3, 0.4) is 0 Å². The van der Waals surface area contributed by atoms with Gasteiger partial charge < -0.3 is 9.47 Å². The Bertz CT molecular complexity index is 1450. The van der Waals surface area contributed by atoms with Crippen LogP contribution in [0.5, 0.6) is 11.5 Å². The van der Waals surface area contributed by atoms with Crippen LogP contribution >= 0.6 is 35.0 Å². The minimum atomic E-state index is 0.0172. The Morgan fingerprint density at radius 3 is 2.55 bits per heavy atom. The van der Waals surface area contributed by atoms with Crippen molar-refractivity contribution in [3.05, 3.63) is 92.3 Å². The number of rotatable bonds is 8. The van der Waals surface area contributed by atoms with Gasteiger partial charge in [0.1, 0.15) is 6.61 Å². The lowest BCUT2D eigenvalue weighted by molar-refractivity contribution is -0.124. The summed E-state index contributed by atoms with van der Waals surface area (Å²) in [5, 5.41) is 1.75. The van der Waals surface area contributed by atoms with Gasteiger partial charge in [0.15, 0.2) is 16.7 Å². The standard InChI is InChI=1S/C32H32Cl2N2O3S/c1-3-23-9-7-8-12-27(23)35-32-36(24-10-5-4-6-11-24)31(37)30(40-32)19-21-14-16-28(29(18-21)38-2)39-20-22-13-15-25(33)26(34)17-22/h7-9,12-19,24H,3-6,10-11,20H2,1-2H3/b30-19+,35-32?. The van der Waals surface area contributed by atoms with Gasteiger partial charge in [0.2, 0.25) is 0 Å². The number of aliphatic imine (C=N–C) groups is 1. The number of para-hydroxylation sites is 1. The molecule has 1 aliphatic carbocycles. The summed E-state index contributed by atoms with van der Waals surface area (Å²) in [4.78, 5) is 21.4. The number of nitrogens with zero attached hydrogens (tertiary/aromatic N) is 2. The summed E-state index contributed by atoms with van der Waals surface area (Å²) in [5.74, 6) is 1.20. The summed E-state index contributed by atoms with van der Waals surface area (Å²) in [7, 11) is 1.61. The number of hydrogen-bond acceptors (Lipinski definition) is 5. The maximum Gasteiger partial charge on any atom is 0.267 e. The van der Waals surface area contributed by atoms with Gasteiger partial charge in [0, 0.05) is 6.04 Å². The third-order valence-corrected chi connectivity index (χ3v) is 8.95. The molecule has 0 radical (unpaired) electrons. The Labute approximate surface area is 250 Å². The molecule has 208 valence electrons. The Balaban J connectivity index is 1.41. The minimum Gasteiger partial charge on any atom is -0.493 e. The van der Waals surface area contributed by atoms with Crippen molar-refractivity contribution >= 4 is 57.8 Å². The highest BCUT2D eigenvalue weighted by Gasteiger charge is 2.38. The van der Waals surface area contributed by atoms with E-state index in [0.717, 1.165) is 54.1 Å². The van der Waals surface area contributed by atoms with E-state index in [1.165, 1.54) is 23.7 Å². The van der Waals surface area contributed by atoms with Gasteiger partial charge in [-0.05, 0) is 84.1 Å². The van der Waals surface area contributed by atoms with Crippen molar-refractivity contribution in [1.29, 1.82) is 0 Å². The van der Waals surface area contributed by atoms with E-state index in [1.807, 2.05) is 53.4 Å². The smallest absolute Gasteiger partial charge is 0.267 e. The molecule has 0 unspecified atom stereocenters. The molecule has 1 amide bonds. The van der Waals surface area contributed by atoms with Crippen molar-refractivity contribution in [2.45, 2.75) is 58.1 Å². The second kappa shape index (κ2) is 13.2. The molecule has 3 aromatic carbocycles. The van der Waals surface area contributed by atoms with Crippen molar-refractivity contribution in [3.63, 3.8) is 0 Å². The number of ether oxygens (including phenoxy) is 2. The lowest BCUT2D eigenvalue weighted by Crippen LogP contribution is -2.40. The van der Waals surface area contributed by atoms with Crippen molar-refractivity contribution in [3.8, 4) is 11.5 Å². The predicted octanol–water partition coefficient (Wildman–Crippen LogP) is 9.08. The number of amidine groups is 1.